The topological polar surface area (TPSA) is 43.8 Å². The van der Waals surface area contributed by atoms with Crippen LogP contribution in [0.2, 0.25) is 5.02 Å². The summed E-state index contributed by atoms with van der Waals surface area (Å²) in [5.74, 6) is -0.417. The molecule has 3 nitrogen and oxygen atoms in total. The lowest BCUT2D eigenvalue weighted by Gasteiger charge is -2.12. The van der Waals surface area contributed by atoms with Crippen LogP contribution in [0.25, 0.3) is 0 Å². The predicted octanol–water partition coefficient (Wildman–Crippen LogP) is 2.85. The molecule has 0 saturated carbocycles. The third kappa shape index (κ3) is 2.89. The lowest BCUT2D eigenvalue weighted by molar-refractivity contribution is 0.606. The van der Waals surface area contributed by atoms with Gasteiger partial charge in [-0.25, -0.2) is 4.39 Å². The fraction of sp³-hybridized carbons (Fsp3) is 0.308. The van der Waals surface area contributed by atoms with E-state index in [0.717, 1.165) is 24.1 Å². The monoisotopic (exact) mass is 267 g/mol. The van der Waals surface area contributed by atoms with Gasteiger partial charge >= 0.3 is 0 Å². The van der Waals surface area contributed by atoms with Crippen molar-refractivity contribution in [3.8, 4) is 0 Å². The normalized spacial score (nSPS) is 12.7. The minimum absolute atomic E-state index is 0.114. The molecule has 96 valence electrons. The molecule has 0 aliphatic rings. The molecule has 1 heterocycles. The smallest absolute Gasteiger partial charge is 0.141 e. The molecule has 18 heavy (non-hydrogen) atoms. The number of nitrogens with zero attached hydrogens (tertiary/aromatic N) is 2. The highest BCUT2D eigenvalue weighted by Gasteiger charge is 2.10. The van der Waals surface area contributed by atoms with Crippen molar-refractivity contribution in [2.45, 2.75) is 18.9 Å². The number of aryl methyl sites for hydroxylation is 2. The number of hydrogen-bond acceptors (Lipinski definition) is 2. The van der Waals surface area contributed by atoms with Crippen molar-refractivity contribution < 1.29 is 4.39 Å². The number of aromatic nitrogens is 2. The SMILES string of the molecule is Cn1nccc1CCC(N)c1ccc(F)c(Cl)c1. The Hall–Kier alpha value is -1.39. The van der Waals surface area contributed by atoms with Crippen LogP contribution in [0, 0.1) is 5.82 Å². The van der Waals surface area contributed by atoms with E-state index in [4.69, 9.17) is 17.3 Å². The predicted molar refractivity (Wildman–Crippen MR) is 69.9 cm³/mol. The van der Waals surface area contributed by atoms with E-state index in [0.29, 0.717) is 0 Å². The van der Waals surface area contributed by atoms with E-state index in [-0.39, 0.29) is 11.1 Å². The molecular weight excluding hydrogens is 253 g/mol. The summed E-state index contributed by atoms with van der Waals surface area (Å²) in [6, 6.07) is 6.42. The minimum Gasteiger partial charge on any atom is -0.324 e. The molecule has 0 saturated heterocycles. The molecule has 0 aliphatic carbocycles. The first-order valence-electron chi connectivity index (χ1n) is 5.75. The molecule has 0 amide bonds. The summed E-state index contributed by atoms with van der Waals surface area (Å²) >= 11 is 5.74. The van der Waals surface area contributed by atoms with Crippen LogP contribution in [0.5, 0.6) is 0 Å². The van der Waals surface area contributed by atoms with Crippen LogP contribution in [0.3, 0.4) is 0 Å². The first kappa shape index (κ1) is 13.1. The van der Waals surface area contributed by atoms with Crippen LogP contribution >= 0.6 is 11.6 Å². The number of rotatable bonds is 4. The lowest BCUT2D eigenvalue weighted by atomic mass is 10.0. The number of benzene rings is 1. The molecule has 2 rings (SSSR count). The summed E-state index contributed by atoms with van der Waals surface area (Å²) in [5.41, 5.74) is 8.04. The highest BCUT2D eigenvalue weighted by molar-refractivity contribution is 6.30. The molecule has 1 atom stereocenters. The van der Waals surface area contributed by atoms with Gasteiger partial charge in [0.05, 0.1) is 5.02 Å². The average molecular weight is 268 g/mol. The maximum Gasteiger partial charge on any atom is 0.141 e. The zero-order chi connectivity index (χ0) is 13.1. The fourth-order valence-electron chi connectivity index (χ4n) is 1.86. The lowest BCUT2D eigenvalue weighted by Crippen LogP contribution is -2.12. The van der Waals surface area contributed by atoms with E-state index < -0.39 is 5.82 Å². The van der Waals surface area contributed by atoms with Gasteiger partial charge in [0.1, 0.15) is 5.82 Å². The molecule has 1 aromatic heterocycles. The minimum atomic E-state index is -0.417. The summed E-state index contributed by atoms with van der Waals surface area (Å²) < 4.78 is 14.9. The molecule has 0 aliphatic heterocycles. The van der Waals surface area contributed by atoms with Gasteiger partial charge in [0.25, 0.3) is 0 Å². The Kier molecular flexibility index (Phi) is 3.99. The molecule has 1 aromatic carbocycles. The Morgan fingerprint density at radius 3 is 2.83 bits per heavy atom. The van der Waals surface area contributed by atoms with Crippen LogP contribution < -0.4 is 5.73 Å². The Balaban J connectivity index is 2.01. The molecule has 0 bridgehead atoms. The summed E-state index contributed by atoms with van der Waals surface area (Å²) in [5, 5.41) is 4.21. The largest absolute Gasteiger partial charge is 0.324 e. The van der Waals surface area contributed by atoms with Crippen molar-refractivity contribution in [1.29, 1.82) is 0 Å². The van der Waals surface area contributed by atoms with Crippen LogP contribution in [-0.4, -0.2) is 9.78 Å². The highest BCUT2D eigenvalue weighted by Crippen LogP contribution is 2.22. The van der Waals surface area contributed by atoms with Gasteiger partial charge in [-0.05, 0) is 36.6 Å². The molecular formula is C13H15ClFN3. The van der Waals surface area contributed by atoms with Gasteiger partial charge in [-0.15, -0.1) is 0 Å². The second-order valence-electron chi connectivity index (χ2n) is 4.26. The Bertz CT molecular complexity index is 539. The first-order chi connectivity index (χ1) is 8.58. The second-order valence-corrected chi connectivity index (χ2v) is 4.67. The van der Waals surface area contributed by atoms with Crippen molar-refractivity contribution >= 4 is 11.6 Å². The molecule has 2 aromatic rings. The third-order valence-electron chi connectivity index (χ3n) is 3.01. The van der Waals surface area contributed by atoms with E-state index >= 15 is 0 Å². The van der Waals surface area contributed by atoms with Crippen molar-refractivity contribution in [2.75, 3.05) is 0 Å². The van der Waals surface area contributed by atoms with Crippen LogP contribution in [0.4, 0.5) is 4.39 Å². The maximum atomic E-state index is 13.0. The summed E-state index contributed by atoms with van der Waals surface area (Å²) in [4.78, 5) is 0. The Labute approximate surface area is 110 Å². The quantitative estimate of drug-likeness (QED) is 0.926. The summed E-state index contributed by atoms with van der Waals surface area (Å²) in [6.45, 7) is 0. The second kappa shape index (κ2) is 5.50. The van der Waals surface area contributed by atoms with E-state index in [1.54, 1.807) is 18.3 Å². The molecule has 0 radical (unpaired) electrons. The molecule has 5 heteroatoms. The van der Waals surface area contributed by atoms with E-state index in [1.165, 1.54) is 6.07 Å². The van der Waals surface area contributed by atoms with Crippen LogP contribution in [0.15, 0.2) is 30.5 Å². The fourth-order valence-corrected chi connectivity index (χ4v) is 2.05. The van der Waals surface area contributed by atoms with E-state index in [9.17, 15) is 4.39 Å². The van der Waals surface area contributed by atoms with Gasteiger partial charge in [-0.3, -0.25) is 4.68 Å². The van der Waals surface area contributed by atoms with E-state index in [2.05, 4.69) is 5.10 Å². The van der Waals surface area contributed by atoms with Crippen molar-refractivity contribution in [2.24, 2.45) is 12.8 Å². The molecule has 1 unspecified atom stereocenters. The summed E-state index contributed by atoms with van der Waals surface area (Å²) in [6.07, 6.45) is 3.35. The number of halogens is 2. The van der Waals surface area contributed by atoms with Gasteiger partial charge in [0.2, 0.25) is 0 Å². The van der Waals surface area contributed by atoms with E-state index in [1.807, 2.05) is 17.8 Å². The Morgan fingerprint density at radius 1 is 1.44 bits per heavy atom. The van der Waals surface area contributed by atoms with Gasteiger partial charge in [0, 0.05) is 25.0 Å². The van der Waals surface area contributed by atoms with Crippen molar-refractivity contribution in [3.05, 3.63) is 52.6 Å². The van der Waals surface area contributed by atoms with Gasteiger partial charge in [-0.2, -0.15) is 5.10 Å². The zero-order valence-corrected chi connectivity index (χ0v) is 10.9. The van der Waals surface area contributed by atoms with Crippen molar-refractivity contribution in [1.82, 2.24) is 9.78 Å². The molecule has 0 spiro atoms. The summed E-state index contributed by atoms with van der Waals surface area (Å²) in [7, 11) is 1.90. The van der Waals surface area contributed by atoms with Crippen LogP contribution in [0.1, 0.15) is 23.7 Å². The average Bonchev–Trinajstić information content (AvgIpc) is 2.75. The standard InChI is InChI=1S/C13H15ClFN3/c1-18-10(6-7-17-18)3-5-13(16)9-2-4-12(15)11(14)8-9/h2,4,6-8,13H,3,5,16H2,1H3. The van der Waals surface area contributed by atoms with Gasteiger partial charge in [0.15, 0.2) is 0 Å². The van der Waals surface area contributed by atoms with Crippen LogP contribution in [-0.2, 0) is 13.5 Å². The first-order valence-corrected chi connectivity index (χ1v) is 6.13. The van der Waals surface area contributed by atoms with Gasteiger partial charge in [-0.1, -0.05) is 17.7 Å². The molecule has 2 N–H and O–H groups in total. The number of hydrogen-bond donors (Lipinski definition) is 1. The maximum absolute atomic E-state index is 13.0. The number of nitrogens with two attached hydrogens (primary N) is 1. The Morgan fingerprint density at radius 2 is 2.22 bits per heavy atom. The highest BCUT2D eigenvalue weighted by atomic mass is 35.5. The third-order valence-corrected chi connectivity index (χ3v) is 3.30. The zero-order valence-electron chi connectivity index (χ0n) is 10.1. The molecule has 0 fully saturated rings. The van der Waals surface area contributed by atoms with Crippen molar-refractivity contribution in [3.63, 3.8) is 0 Å². The van der Waals surface area contributed by atoms with Gasteiger partial charge < -0.3 is 5.73 Å².